The van der Waals surface area contributed by atoms with E-state index in [1.807, 2.05) is 4.90 Å². The van der Waals surface area contributed by atoms with Crippen molar-refractivity contribution in [1.82, 2.24) is 24.8 Å². The molecule has 0 radical (unpaired) electrons. The number of nitrogens with zero attached hydrogens (tertiary/aromatic N) is 5. The number of aliphatic imine (C=N–C) groups is 1. The number of allylic oxidation sites excluding steroid dienone is 2. The van der Waals surface area contributed by atoms with Gasteiger partial charge in [-0.15, -0.1) is 0 Å². The molecule has 3 aromatic rings. The topological polar surface area (TPSA) is 113 Å². The van der Waals surface area contributed by atoms with Crippen LogP contribution < -0.4 is 15.4 Å². The first kappa shape index (κ1) is 27.6. The normalized spacial score (nSPS) is 18.7. The van der Waals surface area contributed by atoms with Gasteiger partial charge in [-0.05, 0) is 24.1 Å². The van der Waals surface area contributed by atoms with Gasteiger partial charge in [-0.2, -0.15) is 18.2 Å². The fourth-order valence-electron chi connectivity index (χ4n) is 4.60. The second-order valence-corrected chi connectivity index (χ2v) is 9.62. The molecule has 0 aliphatic carbocycles. The molecule has 40 heavy (non-hydrogen) atoms. The lowest BCUT2D eigenvalue weighted by atomic mass is 10.1. The number of hydrogen-bond donors (Lipinski definition) is 3. The lowest BCUT2D eigenvalue weighted by Crippen LogP contribution is -2.24. The summed E-state index contributed by atoms with van der Waals surface area (Å²) in [5.41, 5.74) is 0.802. The van der Waals surface area contributed by atoms with Crippen LogP contribution in [0.5, 0.6) is 5.75 Å². The van der Waals surface area contributed by atoms with Crippen LogP contribution >= 0.6 is 11.6 Å². The Hall–Kier alpha value is -3.94. The van der Waals surface area contributed by atoms with Gasteiger partial charge >= 0.3 is 6.18 Å². The van der Waals surface area contributed by atoms with Gasteiger partial charge in [-0.1, -0.05) is 17.7 Å². The first-order valence-electron chi connectivity index (χ1n) is 12.3. The molecule has 1 saturated heterocycles. The van der Waals surface area contributed by atoms with Crippen molar-refractivity contribution in [1.29, 1.82) is 5.41 Å². The summed E-state index contributed by atoms with van der Waals surface area (Å²) in [6.07, 6.45) is 3.28. The summed E-state index contributed by atoms with van der Waals surface area (Å²) in [5.74, 6) is 0.561. The zero-order chi connectivity index (χ0) is 28.4. The van der Waals surface area contributed by atoms with E-state index in [4.69, 9.17) is 26.5 Å². The summed E-state index contributed by atoms with van der Waals surface area (Å²) in [6, 6.07) is 4.15. The number of fused-ring (bicyclic) bond motifs is 1. The van der Waals surface area contributed by atoms with Gasteiger partial charge in [0, 0.05) is 51.9 Å². The number of ether oxygens (including phenoxy) is 2. The monoisotopic (exact) mass is 574 g/mol. The maximum atomic E-state index is 14.0. The van der Waals surface area contributed by atoms with Crippen LogP contribution in [0.15, 0.2) is 53.2 Å². The third-order valence-corrected chi connectivity index (χ3v) is 7.02. The molecule has 0 spiro atoms. The number of alkyl halides is 3. The van der Waals surface area contributed by atoms with E-state index < -0.39 is 11.7 Å². The molecule has 2 aromatic heterocycles. The van der Waals surface area contributed by atoms with Crippen molar-refractivity contribution in [3.8, 4) is 5.75 Å². The summed E-state index contributed by atoms with van der Waals surface area (Å²) < 4.78 is 54.8. The number of likely N-dealkylation sites (tertiary alicyclic amines) is 1. The molecule has 10 nitrogen and oxygen atoms in total. The molecule has 1 aromatic carbocycles. The van der Waals surface area contributed by atoms with Crippen LogP contribution in [0.1, 0.15) is 17.5 Å². The fourth-order valence-corrected chi connectivity index (χ4v) is 4.89. The van der Waals surface area contributed by atoms with Crippen LogP contribution in [0.4, 0.5) is 24.8 Å². The average molecular weight is 575 g/mol. The number of aromatic nitrogens is 3. The van der Waals surface area contributed by atoms with E-state index in [-0.39, 0.29) is 52.0 Å². The summed E-state index contributed by atoms with van der Waals surface area (Å²) in [6.45, 7) is 1.44. The highest BCUT2D eigenvalue weighted by molar-refractivity contribution is 6.36. The smallest absolute Gasteiger partial charge is 0.416 e. The molecule has 0 saturated carbocycles. The highest BCUT2D eigenvalue weighted by Crippen LogP contribution is 2.37. The van der Waals surface area contributed by atoms with Crippen molar-refractivity contribution in [2.24, 2.45) is 12.0 Å². The van der Waals surface area contributed by atoms with E-state index >= 15 is 0 Å². The van der Waals surface area contributed by atoms with E-state index in [2.05, 4.69) is 25.6 Å². The summed E-state index contributed by atoms with van der Waals surface area (Å²) in [4.78, 5) is 14.7. The van der Waals surface area contributed by atoms with Crippen molar-refractivity contribution in [2.45, 2.75) is 25.2 Å². The predicted molar refractivity (Wildman–Crippen MR) is 146 cm³/mol. The Balaban J connectivity index is 1.42. The molecule has 5 rings (SSSR count). The summed E-state index contributed by atoms with van der Waals surface area (Å²) in [5, 5.41) is 13.8. The molecule has 210 valence electrons. The van der Waals surface area contributed by atoms with E-state index in [0.717, 1.165) is 18.7 Å². The Labute approximate surface area is 232 Å². The van der Waals surface area contributed by atoms with Gasteiger partial charge in [0.15, 0.2) is 17.2 Å². The van der Waals surface area contributed by atoms with Gasteiger partial charge in [0.05, 0.1) is 30.3 Å². The number of hydrogen-bond acceptors (Lipinski definition) is 9. The van der Waals surface area contributed by atoms with Crippen LogP contribution in [-0.2, 0) is 24.5 Å². The SMILES string of the molecule is CO[C@H]1CCN(Cc2ccc(Nc3nc4ncc(O/C(C=N)=C5\C=NC=CN5)c(Cl)c4n3C)cc2C(F)(F)F)C1. The van der Waals surface area contributed by atoms with E-state index in [0.29, 0.717) is 24.3 Å². The molecule has 4 heterocycles. The molecule has 3 N–H and O–H groups in total. The number of rotatable bonds is 8. The number of imidazole rings is 1. The minimum Gasteiger partial charge on any atom is -0.450 e. The largest absolute Gasteiger partial charge is 0.450 e. The lowest BCUT2D eigenvalue weighted by Gasteiger charge is -2.20. The van der Waals surface area contributed by atoms with Crippen molar-refractivity contribution in [2.75, 3.05) is 25.5 Å². The van der Waals surface area contributed by atoms with Crippen molar-refractivity contribution in [3.63, 3.8) is 0 Å². The van der Waals surface area contributed by atoms with Gasteiger partial charge in [-0.25, -0.2) is 4.98 Å². The standard InChI is InChI=1S/C26H26ClF3N8O2/c1-37-23-22(27)21(40-20(10-31)19-11-32-6-7-33-19)12-34-24(23)36-25(37)35-16-4-3-15(18(9-16)26(28,29)30)13-38-8-5-17(14-38)39-2/h3-4,6-7,9-12,17,31,33H,5,8,13-14H2,1-2H3,(H,34,35,36)/b20-19+,31-10?/t17-/m0/s1. The second-order valence-electron chi connectivity index (χ2n) is 9.24. The molecular formula is C26H26ClF3N8O2. The Morgan fingerprint density at radius 2 is 2.17 bits per heavy atom. The highest BCUT2D eigenvalue weighted by atomic mass is 35.5. The van der Waals surface area contributed by atoms with Crippen molar-refractivity contribution >= 4 is 46.8 Å². The number of anilines is 2. The van der Waals surface area contributed by atoms with Crippen LogP contribution in [0.2, 0.25) is 5.02 Å². The van der Waals surface area contributed by atoms with E-state index in [1.165, 1.54) is 18.5 Å². The highest BCUT2D eigenvalue weighted by Gasteiger charge is 2.35. The number of nitrogens with one attached hydrogen (secondary N) is 3. The molecule has 0 bridgehead atoms. The van der Waals surface area contributed by atoms with Crippen LogP contribution in [0, 0.1) is 5.41 Å². The third-order valence-electron chi connectivity index (χ3n) is 6.65. The van der Waals surface area contributed by atoms with Gasteiger partial charge < -0.3 is 30.1 Å². The van der Waals surface area contributed by atoms with Gasteiger partial charge in [0.1, 0.15) is 16.2 Å². The van der Waals surface area contributed by atoms with E-state index in [9.17, 15) is 13.2 Å². The van der Waals surface area contributed by atoms with Gasteiger partial charge in [-0.3, -0.25) is 9.89 Å². The Kier molecular flexibility index (Phi) is 7.79. The molecule has 1 fully saturated rings. The fraction of sp³-hybridized carbons (Fsp3) is 0.308. The molecular weight excluding hydrogens is 549 g/mol. The minimum absolute atomic E-state index is 0.0300. The number of aryl methyl sites for hydroxylation is 1. The molecule has 14 heteroatoms. The van der Waals surface area contributed by atoms with Crippen LogP contribution in [-0.4, -0.2) is 58.2 Å². The van der Waals surface area contributed by atoms with E-state index in [1.54, 1.807) is 37.2 Å². The zero-order valence-corrected chi connectivity index (χ0v) is 22.3. The molecule has 1 atom stereocenters. The van der Waals surface area contributed by atoms with Gasteiger partial charge in [0.25, 0.3) is 0 Å². The molecule has 2 aliphatic rings. The number of pyridine rings is 1. The van der Waals surface area contributed by atoms with Crippen molar-refractivity contribution < 1.29 is 22.6 Å². The minimum atomic E-state index is -4.54. The Morgan fingerprint density at radius 3 is 2.85 bits per heavy atom. The Morgan fingerprint density at radius 1 is 1.35 bits per heavy atom. The lowest BCUT2D eigenvalue weighted by molar-refractivity contribution is -0.138. The number of methoxy groups -OCH3 is 1. The Bertz CT molecular complexity index is 1530. The van der Waals surface area contributed by atoms with Crippen molar-refractivity contribution in [3.05, 3.63) is 64.4 Å². The first-order valence-corrected chi connectivity index (χ1v) is 12.7. The predicted octanol–water partition coefficient (Wildman–Crippen LogP) is 4.99. The van der Waals surface area contributed by atoms with Crippen LogP contribution in [0.25, 0.3) is 11.2 Å². The maximum Gasteiger partial charge on any atom is 0.416 e. The third kappa shape index (κ3) is 5.67. The quantitative estimate of drug-likeness (QED) is 0.257. The number of benzene rings is 1. The van der Waals surface area contributed by atoms with Crippen LogP contribution in [0.3, 0.4) is 0 Å². The van der Waals surface area contributed by atoms with Gasteiger partial charge in [0.2, 0.25) is 5.95 Å². The first-order chi connectivity index (χ1) is 19.2. The zero-order valence-electron chi connectivity index (χ0n) is 21.6. The summed E-state index contributed by atoms with van der Waals surface area (Å²) in [7, 11) is 3.27. The summed E-state index contributed by atoms with van der Waals surface area (Å²) >= 11 is 6.63. The molecule has 0 amide bonds. The molecule has 0 unspecified atom stereocenters. The maximum absolute atomic E-state index is 14.0. The number of halogens is 4. The second kappa shape index (κ2) is 11.3. The average Bonchev–Trinajstić information content (AvgIpc) is 3.53. The molecule has 2 aliphatic heterocycles.